The van der Waals surface area contributed by atoms with Crippen LogP contribution in [0.1, 0.15) is 13.3 Å². The number of hydrogen-bond donors (Lipinski definition) is 2. The predicted molar refractivity (Wildman–Crippen MR) is 63.1 cm³/mol. The van der Waals surface area contributed by atoms with E-state index in [0.717, 1.165) is 13.0 Å². The van der Waals surface area contributed by atoms with E-state index in [9.17, 15) is 0 Å². The number of rotatable bonds is 3. The normalized spacial score (nSPS) is 24.4. The smallest absolute Gasteiger partial charge is 0.237 e. The van der Waals surface area contributed by atoms with Crippen molar-refractivity contribution in [2.45, 2.75) is 25.4 Å². The molecule has 2 N–H and O–H groups in total. The average molecular weight is 243 g/mol. The van der Waals surface area contributed by atoms with Crippen LogP contribution in [0.5, 0.6) is 5.88 Å². The maximum atomic E-state index is 5.85. The van der Waals surface area contributed by atoms with Crippen molar-refractivity contribution in [3.8, 4) is 5.88 Å². The van der Waals surface area contributed by atoms with Gasteiger partial charge in [0.15, 0.2) is 0 Å². The standard InChI is InChI=1S/C10H15ClN4O/c1-6-3-7(4-12-6)14-10-13-5-8(11)9(15-10)16-2/h5-7,12H,3-4H2,1-2H3,(H,13,14,15)/t6-,7+/m0/s1. The summed E-state index contributed by atoms with van der Waals surface area (Å²) in [6.45, 7) is 3.08. The Balaban J connectivity index is 2.04. The fourth-order valence-corrected chi connectivity index (χ4v) is 1.96. The number of aromatic nitrogens is 2. The van der Waals surface area contributed by atoms with Crippen molar-refractivity contribution in [2.75, 3.05) is 19.0 Å². The molecule has 1 aliphatic heterocycles. The van der Waals surface area contributed by atoms with Gasteiger partial charge in [-0.3, -0.25) is 0 Å². The minimum absolute atomic E-state index is 0.362. The molecule has 2 rings (SSSR count). The first-order chi connectivity index (χ1) is 7.69. The largest absolute Gasteiger partial charge is 0.480 e. The van der Waals surface area contributed by atoms with Crippen LogP contribution in [0.4, 0.5) is 5.95 Å². The molecule has 0 aromatic carbocycles. The third kappa shape index (κ3) is 2.54. The van der Waals surface area contributed by atoms with Gasteiger partial charge in [0.2, 0.25) is 11.8 Å². The van der Waals surface area contributed by atoms with E-state index in [-0.39, 0.29) is 0 Å². The Labute approximate surface area is 99.6 Å². The van der Waals surface area contributed by atoms with E-state index >= 15 is 0 Å². The molecule has 0 bridgehead atoms. The van der Waals surface area contributed by atoms with Gasteiger partial charge in [0.25, 0.3) is 0 Å². The topological polar surface area (TPSA) is 59.1 Å². The quantitative estimate of drug-likeness (QED) is 0.837. The third-order valence-electron chi connectivity index (χ3n) is 2.59. The molecule has 16 heavy (non-hydrogen) atoms. The Kier molecular flexibility index (Phi) is 3.46. The number of halogens is 1. The van der Waals surface area contributed by atoms with Crippen molar-refractivity contribution in [3.63, 3.8) is 0 Å². The first-order valence-electron chi connectivity index (χ1n) is 5.25. The van der Waals surface area contributed by atoms with Gasteiger partial charge in [-0.05, 0) is 13.3 Å². The highest BCUT2D eigenvalue weighted by molar-refractivity contribution is 6.31. The van der Waals surface area contributed by atoms with Crippen molar-refractivity contribution in [3.05, 3.63) is 11.2 Å². The van der Waals surface area contributed by atoms with Crippen molar-refractivity contribution < 1.29 is 4.74 Å². The molecule has 0 radical (unpaired) electrons. The first kappa shape index (κ1) is 11.4. The highest BCUT2D eigenvalue weighted by atomic mass is 35.5. The van der Waals surface area contributed by atoms with Gasteiger partial charge in [-0.15, -0.1) is 0 Å². The van der Waals surface area contributed by atoms with E-state index < -0.39 is 0 Å². The van der Waals surface area contributed by atoms with Gasteiger partial charge in [-0.25, -0.2) is 4.98 Å². The number of anilines is 1. The molecule has 1 aromatic rings. The number of nitrogens with one attached hydrogen (secondary N) is 2. The molecule has 0 aliphatic carbocycles. The molecule has 2 heterocycles. The fraction of sp³-hybridized carbons (Fsp3) is 0.600. The zero-order valence-electron chi connectivity index (χ0n) is 9.33. The number of nitrogens with zero attached hydrogens (tertiary/aromatic N) is 2. The summed E-state index contributed by atoms with van der Waals surface area (Å²) in [5.41, 5.74) is 0. The van der Waals surface area contributed by atoms with Gasteiger partial charge >= 0.3 is 0 Å². The summed E-state index contributed by atoms with van der Waals surface area (Å²) in [4.78, 5) is 8.29. The van der Waals surface area contributed by atoms with E-state index in [1.54, 1.807) is 6.20 Å². The van der Waals surface area contributed by atoms with Crippen LogP contribution in [0.25, 0.3) is 0 Å². The highest BCUT2D eigenvalue weighted by Gasteiger charge is 2.21. The Bertz CT molecular complexity index is 374. The minimum atomic E-state index is 0.362. The predicted octanol–water partition coefficient (Wildman–Crippen LogP) is 1.30. The highest BCUT2D eigenvalue weighted by Crippen LogP contribution is 2.22. The third-order valence-corrected chi connectivity index (χ3v) is 2.85. The van der Waals surface area contributed by atoms with Crippen LogP contribution >= 0.6 is 11.6 Å². The summed E-state index contributed by atoms with van der Waals surface area (Å²) >= 11 is 5.85. The lowest BCUT2D eigenvalue weighted by molar-refractivity contribution is 0.397. The second kappa shape index (κ2) is 4.84. The molecule has 1 saturated heterocycles. The van der Waals surface area contributed by atoms with Gasteiger partial charge in [0, 0.05) is 18.6 Å². The zero-order chi connectivity index (χ0) is 11.5. The van der Waals surface area contributed by atoms with Crippen molar-refractivity contribution in [1.82, 2.24) is 15.3 Å². The Morgan fingerprint density at radius 2 is 2.44 bits per heavy atom. The molecular formula is C10H15ClN4O. The van der Waals surface area contributed by atoms with E-state index in [0.29, 0.717) is 28.9 Å². The molecule has 1 aliphatic rings. The summed E-state index contributed by atoms with van der Waals surface area (Å²) < 4.78 is 5.03. The van der Waals surface area contributed by atoms with Gasteiger partial charge in [0.1, 0.15) is 5.02 Å². The Hall–Kier alpha value is -1.07. The summed E-state index contributed by atoms with van der Waals surface area (Å²) in [7, 11) is 1.54. The number of ether oxygens (including phenoxy) is 1. The molecule has 0 unspecified atom stereocenters. The first-order valence-corrected chi connectivity index (χ1v) is 5.63. The van der Waals surface area contributed by atoms with Crippen LogP contribution in [0.15, 0.2) is 6.20 Å². The van der Waals surface area contributed by atoms with E-state index in [2.05, 4.69) is 27.5 Å². The van der Waals surface area contributed by atoms with Crippen LogP contribution in [0.3, 0.4) is 0 Å². The number of methoxy groups -OCH3 is 1. The van der Waals surface area contributed by atoms with E-state index in [1.807, 2.05) is 0 Å². The van der Waals surface area contributed by atoms with Crippen molar-refractivity contribution in [1.29, 1.82) is 0 Å². The van der Waals surface area contributed by atoms with Crippen molar-refractivity contribution >= 4 is 17.5 Å². The maximum absolute atomic E-state index is 5.85. The molecular weight excluding hydrogens is 228 g/mol. The lowest BCUT2D eigenvalue weighted by Gasteiger charge is -2.12. The lowest BCUT2D eigenvalue weighted by atomic mass is 10.2. The van der Waals surface area contributed by atoms with E-state index in [1.165, 1.54) is 7.11 Å². The second-order valence-corrected chi connectivity index (χ2v) is 4.34. The van der Waals surface area contributed by atoms with Crippen LogP contribution < -0.4 is 15.4 Å². The summed E-state index contributed by atoms with van der Waals surface area (Å²) in [6, 6.07) is 0.896. The lowest BCUT2D eigenvalue weighted by Crippen LogP contribution is -2.23. The molecule has 0 spiro atoms. The summed E-state index contributed by atoms with van der Waals surface area (Å²) in [5.74, 6) is 0.959. The molecule has 0 saturated carbocycles. The van der Waals surface area contributed by atoms with Gasteiger partial charge < -0.3 is 15.4 Å². The Morgan fingerprint density at radius 3 is 3.06 bits per heavy atom. The monoisotopic (exact) mass is 242 g/mol. The van der Waals surface area contributed by atoms with Crippen LogP contribution in [0, 0.1) is 0 Å². The summed E-state index contributed by atoms with van der Waals surface area (Å²) in [6.07, 6.45) is 2.61. The molecule has 1 aromatic heterocycles. The molecule has 5 nitrogen and oxygen atoms in total. The molecule has 88 valence electrons. The second-order valence-electron chi connectivity index (χ2n) is 3.94. The molecule has 0 amide bonds. The van der Waals surface area contributed by atoms with Crippen LogP contribution in [-0.4, -0.2) is 35.7 Å². The van der Waals surface area contributed by atoms with Crippen LogP contribution in [0.2, 0.25) is 5.02 Å². The van der Waals surface area contributed by atoms with Crippen LogP contribution in [-0.2, 0) is 0 Å². The number of hydrogen-bond acceptors (Lipinski definition) is 5. The van der Waals surface area contributed by atoms with E-state index in [4.69, 9.17) is 16.3 Å². The SMILES string of the molecule is COc1nc(N[C@H]2CN[C@@H](C)C2)ncc1Cl. The van der Waals surface area contributed by atoms with Gasteiger partial charge in [-0.1, -0.05) is 11.6 Å². The maximum Gasteiger partial charge on any atom is 0.237 e. The minimum Gasteiger partial charge on any atom is -0.480 e. The Morgan fingerprint density at radius 1 is 1.62 bits per heavy atom. The molecule has 1 fully saturated rings. The summed E-state index contributed by atoms with van der Waals surface area (Å²) in [5, 5.41) is 7.03. The van der Waals surface area contributed by atoms with Gasteiger partial charge in [0.05, 0.1) is 13.3 Å². The molecule has 6 heteroatoms. The fourth-order valence-electron chi connectivity index (χ4n) is 1.79. The van der Waals surface area contributed by atoms with Crippen molar-refractivity contribution in [2.24, 2.45) is 0 Å². The van der Waals surface area contributed by atoms with Gasteiger partial charge in [-0.2, -0.15) is 4.98 Å². The zero-order valence-corrected chi connectivity index (χ0v) is 10.1. The molecule has 2 atom stereocenters. The average Bonchev–Trinajstić information content (AvgIpc) is 2.67.